The number of halogens is 1. The summed E-state index contributed by atoms with van der Waals surface area (Å²) < 4.78 is 10.5. The average Bonchev–Trinajstić information content (AvgIpc) is 2.37. The molecule has 0 atom stereocenters. The highest BCUT2D eigenvalue weighted by Gasteiger charge is 2.13. The lowest BCUT2D eigenvalue weighted by atomic mass is 10.1. The number of benzene rings is 1. The van der Waals surface area contributed by atoms with E-state index in [4.69, 9.17) is 21.1 Å². The molecule has 0 aliphatic carbocycles. The summed E-state index contributed by atoms with van der Waals surface area (Å²) in [5, 5.41) is 0.473. The molecule has 0 spiro atoms. The van der Waals surface area contributed by atoms with E-state index in [-0.39, 0.29) is 0 Å². The van der Waals surface area contributed by atoms with Gasteiger partial charge in [0.25, 0.3) is 0 Å². The Morgan fingerprint density at radius 3 is 2.28 bits per heavy atom. The molecule has 1 aliphatic rings. The van der Waals surface area contributed by atoms with Crippen molar-refractivity contribution in [2.45, 2.75) is 0 Å². The van der Waals surface area contributed by atoms with Gasteiger partial charge in [-0.3, -0.25) is 0 Å². The van der Waals surface area contributed by atoms with Crippen molar-refractivity contribution in [1.82, 2.24) is 4.90 Å². The Labute approximate surface area is 111 Å². The minimum Gasteiger partial charge on any atom is -0.497 e. The molecule has 0 aromatic heterocycles. The Kier molecular flexibility index (Phi) is 3.77. The molecule has 18 heavy (non-hydrogen) atoms. The number of nitrogens with zero attached hydrogens (tertiary/aromatic N) is 2. The van der Waals surface area contributed by atoms with Crippen LogP contribution in [-0.4, -0.2) is 38.4 Å². The second-order valence-electron chi connectivity index (χ2n) is 4.03. The van der Waals surface area contributed by atoms with E-state index in [0.29, 0.717) is 11.7 Å². The number of methoxy groups -OCH3 is 2. The molecule has 1 heterocycles. The molecule has 0 amide bonds. The lowest BCUT2D eigenvalue weighted by molar-refractivity contribution is 0.394. The number of hydrogen-bond donors (Lipinski definition) is 0. The fourth-order valence-electron chi connectivity index (χ4n) is 1.79. The van der Waals surface area contributed by atoms with Gasteiger partial charge < -0.3 is 14.4 Å². The van der Waals surface area contributed by atoms with Crippen molar-refractivity contribution in [2.24, 2.45) is 4.99 Å². The largest absolute Gasteiger partial charge is 0.497 e. The topological polar surface area (TPSA) is 34.1 Å². The molecular formula is C13H15ClN2O2. The predicted molar refractivity (Wildman–Crippen MR) is 72.6 cm³/mol. The molecule has 96 valence electrons. The predicted octanol–water partition coefficient (Wildman–Crippen LogP) is 2.48. The van der Waals surface area contributed by atoms with Gasteiger partial charge in [0.05, 0.1) is 26.5 Å². The first-order valence-corrected chi connectivity index (χ1v) is 5.88. The van der Waals surface area contributed by atoms with Crippen molar-refractivity contribution in [3.8, 4) is 11.5 Å². The Morgan fingerprint density at radius 1 is 1.17 bits per heavy atom. The number of ether oxygens (including phenoxy) is 2. The van der Waals surface area contributed by atoms with Crippen molar-refractivity contribution < 1.29 is 9.47 Å². The number of rotatable bonds is 3. The minimum absolute atomic E-state index is 0.473. The van der Waals surface area contributed by atoms with Crippen LogP contribution in [0.15, 0.2) is 34.5 Å². The molecule has 0 radical (unpaired) electrons. The average molecular weight is 267 g/mol. The molecule has 1 aliphatic heterocycles. The van der Waals surface area contributed by atoms with Gasteiger partial charge in [0, 0.05) is 24.9 Å². The molecule has 0 saturated heterocycles. The van der Waals surface area contributed by atoms with Crippen molar-refractivity contribution in [1.29, 1.82) is 0 Å². The zero-order chi connectivity index (χ0) is 13.1. The summed E-state index contributed by atoms with van der Waals surface area (Å²) in [5.74, 6) is 1.47. The Hall–Kier alpha value is -1.68. The van der Waals surface area contributed by atoms with Crippen molar-refractivity contribution in [2.75, 3.05) is 27.8 Å². The van der Waals surface area contributed by atoms with Crippen LogP contribution in [0.25, 0.3) is 0 Å². The lowest BCUT2D eigenvalue weighted by Gasteiger charge is -2.21. The molecule has 0 saturated carbocycles. The zero-order valence-electron chi connectivity index (χ0n) is 10.6. The van der Waals surface area contributed by atoms with E-state index in [2.05, 4.69) is 4.99 Å². The maximum Gasteiger partial charge on any atom is 0.145 e. The minimum atomic E-state index is 0.473. The number of hydrogen-bond acceptors (Lipinski definition) is 4. The number of likely N-dealkylation sites (N-methyl/N-ethyl adjacent to an activating group) is 1. The molecule has 2 rings (SSSR count). The van der Waals surface area contributed by atoms with Crippen molar-refractivity contribution in [3.63, 3.8) is 0 Å². The summed E-state index contributed by atoms with van der Waals surface area (Å²) in [4.78, 5) is 6.33. The first-order valence-electron chi connectivity index (χ1n) is 5.51. The third-order valence-electron chi connectivity index (χ3n) is 2.65. The van der Waals surface area contributed by atoms with Crippen LogP contribution in [0.2, 0.25) is 0 Å². The summed E-state index contributed by atoms with van der Waals surface area (Å²) in [6.45, 7) is 0.701. The fourth-order valence-corrected chi connectivity index (χ4v) is 2.06. The molecule has 0 fully saturated rings. The summed E-state index contributed by atoms with van der Waals surface area (Å²) in [6, 6.07) is 5.67. The first kappa shape index (κ1) is 12.8. The molecular weight excluding hydrogens is 252 g/mol. The molecule has 1 aromatic carbocycles. The van der Waals surface area contributed by atoms with Gasteiger partial charge >= 0.3 is 0 Å². The van der Waals surface area contributed by atoms with E-state index in [9.17, 15) is 0 Å². The van der Waals surface area contributed by atoms with Crippen LogP contribution in [0.3, 0.4) is 0 Å². The van der Waals surface area contributed by atoms with E-state index < -0.39 is 0 Å². The monoisotopic (exact) mass is 266 g/mol. The van der Waals surface area contributed by atoms with Gasteiger partial charge in [0.2, 0.25) is 0 Å². The molecule has 0 N–H and O–H groups in total. The molecule has 1 aromatic rings. The van der Waals surface area contributed by atoms with E-state index in [1.54, 1.807) is 20.4 Å². The summed E-state index contributed by atoms with van der Waals surface area (Å²) in [6.07, 6.45) is 1.79. The SMILES string of the molecule is COc1cc(OC)cc(C2=NC(Cl)=CN(C)C2)c1. The Morgan fingerprint density at radius 2 is 1.78 bits per heavy atom. The fraction of sp³-hybridized carbons (Fsp3) is 0.308. The van der Waals surface area contributed by atoms with Crippen LogP contribution in [0.5, 0.6) is 11.5 Å². The smallest absolute Gasteiger partial charge is 0.145 e. The molecule has 4 nitrogen and oxygen atoms in total. The van der Waals surface area contributed by atoms with Crippen LogP contribution >= 0.6 is 11.6 Å². The van der Waals surface area contributed by atoms with Gasteiger partial charge in [-0.25, -0.2) is 4.99 Å². The van der Waals surface area contributed by atoms with E-state index >= 15 is 0 Å². The van der Waals surface area contributed by atoms with E-state index in [1.165, 1.54) is 0 Å². The van der Waals surface area contributed by atoms with Crippen LogP contribution in [0, 0.1) is 0 Å². The number of aliphatic imine (C=N–C) groups is 1. The quantitative estimate of drug-likeness (QED) is 0.788. The zero-order valence-corrected chi connectivity index (χ0v) is 11.4. The highest BCUT2D eigenvalue weighted by atomic mass is 35.5. The van der Waals surface area contributed by atoms with Crippen LogP contribution < -0.4 is 9.47 Å². The van der Waals surface area contributed by atoms with Gasteiger partial charge in [-0.15, -0.1) is 0 Å². The van der Waals surface area contributed by atoms with Gasteiger partial charge in [0.1, 0.15) is 16.7 Å². The maximum absolute atomic E-state index is 5.97. The molecule has 0 unspecified atom stereocenters. The summed E-state index contributed by atoms with van der Waals surface area (Å²) in [5.41, 5.74) is 1.84. The molecule has 0 bridgehead atoms. The van der Waals surface area contributed by atoms with E-state index in [1.807, 2.05) is 30.1 Å². The van der Waals surface area contributed by atoms with Crippen LogP contribution in [0.1, 0.15) is 5.56 Å². The second-order valence-corrected chi connectivity index (χ2v) is 4.41. The molecule has 5 heteroatoms. The lowest BCUT2D eigenvalue weighted by Crippen LogP contribution is -2.25. The third kappa shape index (κ3) is 2.76. The van der Waals surface area contributed by atoms with Crippen LogP contribution in [-0.2, 0) is 0 Å². The van der Waals surface area contributed by atoms with Crippen LogP contribution in [0.4, 0.5) is 0 Å². The highest BCUT2D eigenvalue weighted by molar-refractivity contribution is 6.30. The Balaban J connectivity index is 2.41. The van der Waals surface area contributed by atoms with Gasteiger partial charge in [-0.05, 0) is 12.1 Å². The third-order valence-corrected chi connectivity index (χ3v) is 2.83. The summed E-state index contributed by atoms with van der Waals surface area (Å²) >= 11 is 5.97. The normalized spacial score (nSPS) is 15.0. The van der Waals surface area contributed by atoms with Crippen molar-refractivity contribution in [3.05, 3.63) is 35.1 Å². The first-order chi connectivity index (χ1) is 8.62. The second kappa shape index (κ2) is 5.31. The van der Waals surface area contributed by atoms with Gasteiger partial charge in [0.15, 0.2) is 0 Å². The Bertz CT molecular complexity index is 489. The van der Waals surface area contributed by atoms with Gasteiger partial charge in [-0.2, -0.15) is 0 Å². The van der Waals surface area contributed by atoms with Gasteiger partial charge in [-0.1, -0.05) is 11.6 Å². The van der Waals surface area contributed by atoms with E-state index in [0.717, 1.165) is 22.8 Å². The van der Waals surface area contributed by atoms with Crippen molar-refractivity contribution >= 4 is 17.3 Å². The summed E-state index contributed by atoms with van der Waals surface area (Å²) in [7, 11) is 5.20. The highest BCUT2D eigenvalue weighted by Crippen LogP contribution is 2.25. The maximum atomic E-state index is 5.97. The standard InChI is InChI=1S/C13H15ClN2O2/c1-16-7-12(15-13(14)8-16)9-4-10(17-2)6-11(5-9)18-3/h4-6,8H,7H2,1-3H3.